The first-order valence-corrected chi connectivity index (χ1v) is 6.33. The number of anilines is 2. The number of hydrazine groups is 1. The Balaban J connectivity index is 1.84. The van der Waals surface area contributed by atoms with Gasteiger partial charge in [0.05, 0.1) is 0 Å². The molecule has 2 atom stereocenters. The van der Waals surface area contributed by atoms with Crippen molar-refractivity contribution in [2.75, 3.05) is 23.4 Å². The second kappa shape index (κ2) is 4.14. The van der Waals surface area contributed by atoms with Gasteiger partial charge in [-0.05, 0) is 31.6 Å². The Morgan fingerprint density at radius 1 is 1.35 bits per heavy atom. The molecule has 2 fully saturated rings. The zero-order valence-electron chi connectivity index (χ0n) is 10.2. The molecule has 5 heteroatoms. The normalized spacial score (nSPS) is 27.3. The van der Waals surface area contributed by atoms with Crippen molar-refractivity contribution in [1.29, 1.82) is 0 Å². The zero-order chi connectivity index (χ0) is 11.8. The summed E-state index contributed by atoms with van der Waals surface area (Å²) in [6.07, 6.45) is 6.01. The molecule has 3 N–H and O–H groups in total. The van der Waals surface area contributed by atoms with Crippen molar-refractivity contribution in [2.24, 2.45) is 17.7 Å². The third-order valence-corrected chi connectivity index (χ3v) is 4.10. The van der Waals surface area contributed by atoms with Gasteiger partial charge in [0.25, 0.3) is 0 Å². The first-order valence-electron chi connectivity index (χ1n) is 6.33. The molecule has 0 radical (unpaired) electrons. The maximum atomic E-state index is 5.37. The minimum Gasteiger partial charge on any atom is -0.356 e. The quantitative estimate of drug-likeness (QED) is 0.595. The van der Waals surface area contributed by atoms with Crippen LogP contribution in [0.2, 0.25) is 0 Å². The lowest BCUT2D eigenvalue weighted by Gasteiger charge is -2.20. The molecular formula is C12H19N5. The lowest BCUT2D eigenvalue weighted by molar-refractivity contribution is 0.494. The Bertz CT molecular complexity index is 407. The molecule has 5 nitrogen and oxygen atoms in total. The predicted molar refractivity (Wildman–Crippen MR) is 67.6 cm³/mol. The van der Waals surface area contributed by atoms with E-state index in [4.69, 9.17) is 5.84 Å². The average Bonchev–Trinajstić information content (AvgIpc) is 2.90. The zero-order valence-corrected chi connectivity index (χ0v) is 10.2. The molecule has 1 saturated heterocycles. The Hall–Kier alpha value is -1.36. The molecule has 0 bridgehead atoms. The largest absolute Gasteiger partial charge is 0.356 e. The molecule has 1 aliphatic carbocycles. The van der Waals surface area contributed by atoms with E-state index in [1.54, 1.807) is 0 Å². The van der Waals surface area contributed by atoms with Crippen molar-refractivity contribution in [2.45, 2.75) is 26.2 Å². The van der Waals surface area contributed by atoms with Crippen molar-refractivity contribution in [3.63, 3.8) is 0 Å². The molecule has 92 valence electrons. The Labute approximate surface area is 101 Å². The fourth-order valence-electron chi connectivity index (χ4n) is 3.23. The monoisotopic (exact) mass is 233 g/mol. The summed E-state index contributed by atoms with van der Waals surface area (Å²) in [6, 6.07) is 0. The van der Waals surface area contributed by atoms with Gasteiger partial charge in [-0.1, -0.05) is 6.42 Å². The summed E-state index contributed by atoms with van der Waals surface area (Å²) >= 11 is 0. The van der Waals surface area contributed by atoms with Crippen LogP contribution >= 0.6 is 0 Å². The van der Waals surface area contributed by atoms with Crippen LogP contribution < -0.4 is 16.2 Å². The van der Waals surface area contributed by atoms with E-state index in [0.717, 1.165) is 36.3 Å². The minimum absolute atomic E-state index is 0.502. The molecule has 2 unspecified atom stereocenters. The lowest BCUT2D eigenvalue weighted by atomic mass is 10.0. The van der Waals surface area contributed by atoms with E-state index < -0.39 is 0 Å². The standard InChI is InChI=1S/C12H19N5/c1-8-5-14-12(16-13)15-11(8)17-6-9-3-2-4-10(9)7-17/h5,9-10H,2-4,6-7,13H2,1H3,(H,14,15,16). The van der Waals surface area contributed by atoms with Crippen LogP contribution in [0.15, 0.2) is 6.20 Å². The third kappa shape index (κ3) is 1.84. The van der Waals surface area contributed by atoms with Gasteiger partial charge in [-0.3, -0.25) is 5.43 Å². The number of nitrogens with two attached hydrogens (primary N) is 1. The molecule has 2 heterocycles. The number of aromatic nitrogens is 2. The smallest absolute Gasteiger partial charge is 0.239 e. The maximum absolute atomic E-state index is 5.37. The highest BCUT2D eigenvalue weighted by Crippen LogP contribution is 2.39. The van der Waals surface area contributed by atoms with Crippen LogP contribution in [-0.4, -0.2) is 23.1 Å². The molecule has 0 spiro atoms. The molecule has 0 amide bonds. The van der Waals surface area contributed by atoms with E-state index in [-0.39, 0.29) is 0 Å². The van der Waals surface area contributed by atoms with E-state index in [1.165, 1.54) is 19.3 Å². The number of nitrogens with one attached hydrogen (secondary N) is 1. The maximum Gasteiger partial charge on any atom is 0.239 e. The Morgan fingerprint density at radius 3 is 2.71 bits per heavy atom. The van der Waals surface area contributed by atoms with Gasteiger partial charge >= 0.3 is 0 Å². The van der Waals surface area contributed by atoms with Crippen LogP contribution in [-0.2, 0) is 0 Å². The number of nitrogens with zero attached hydrogens (tertiary/aromatic N) is 3. The highest BCUT2D eigenvalue weighted by molar-refractivity contribution is 5.49. The van der Waals surface area contributed by atoms with Crippen LogP contribution in [0.3, 0.4) is 0 Å². The molecule has 1 saturated carbocycles. The summed E-state index contributed by atoms with van der Waals surface area (Å²) in [5, 5.41) is 0. The molecule has 17 heavy (non-hydrogen) atoms. The molecule has 1 aromatic rings. The summed E-state index contributed by atoms with van der Waals surface area (Å²) in [7, 11) is 0. The average molecular weight is 233 g/mol. The van der Waals surface area contributed by atoms with Gasteiger partial charge in [-0.2, -0.15) is 4.98 Å². The van der Waals surface area contributed by atoms with E-state index in [0.29, 0.717) is 5.95 Å². The van der Waals surface area contributed by atoms with Crippen LogP contribution in [0.1, 0.15) is 24.8 Å². The van der Waals surface area contributed by atoms with Gasteiger partial charge in [0.2, 0.25) is 5.95 Å². The molecule has 3 rings (SSSR count). The Kier molecular flexibility index (Phi) is 2.63. The van der Waals surface area contributed by atoms with Crippen LogP contribution in [0.4, 0.5) is 11.8 Å². The summed E-state index contributed by atoms with van der Waals surface area (Å²) < 4.78 is 0. The van der Waals surface area contributed by atoms with Crippen molar-refractivity contribution < 1.29 is 0 Å². The van der Waals surface area contributed by atoms with Crippen LogP contribution in [0.5, 0.6) is 0 Å². The number of hydrogen-bond acceptors (Lipinski definition) is 5. The number of nitrogen functional groups attached to an aromatic ring is 1. The van der Waals surface area contributed by atoms with Crippen LogP contribution in [0, 0.1) is 18.8 Å². The molecule has 1 aliphatic heterocycles. The van der Waals surface area contributed by atoms with E-state index in [9.17, 15) is 0 Å². The van der Waals surface area contributed by atoms with Crippen molar-refractivity contribution >= 4 is 11.8 Å². The summed E-state index contributed by atoms with van der Waals surface area (Å²) in [5.74, 6) is 8.66. The van der Waals surface area contributed by atoms with Gasteiger partial charge in [-0.25, -0.2) is 10.8 Å². The van der Waals surface area contributed by atoms with Gasteiger partial charge < -0.3 is 4.90 Å². The number of aryl methyl sites for hydroxylation is 1. The number of fused-ring (bicyclic) bond motifs is 1. The first-order chi connectivity index (χ1) is 8.28. The fraction of sp³-hybridized carbons (Fsp3) is 0.667. The fourth-order valence-corrected chi connectivity index (χ4v) is 3.23. The van der Waals surface area contributed by atoms with Crippen molar-refractivity contribution in [1.82, 2.24) is 9.97 Å². The summed E-state index contributed by atoms with van der Waals surface area (Å²) in [5.41, 5.74) is 3.65. The molecular weight excluding hydrogens is 214 g/mol. The minimum atomic E-state index is 0.502. The second-order valence-corrected chi connectivity index (χ2v) is 5.20. The Morgan fingerprint density at radius 2 is 2.06 bits per heavy atom. The SMILES string of the molecule is Cc1cnc(NN)nc1N1CC2CCCC2C1. The first kappa shape index (κ1) is 10.8. The lowest BCUT2D eigenvalue weighted by Crippen LogP contribution is -2.24. The van der Waals surface area contributed by atoms with E-state index >= 15 is 0 Å². The van der Waals surface area contributed by atoms with Crippen LogP contribution in [0.25, 0.3) is 0 Å². The third-order valence-electron chi connectivity index (χ3n) is 4.10. The molecule has 0 aromatic carbocycles. The highest BCUT2D eigenvalue weighted by atomic mass is 15.3. The molecule has 2 aliphatic rings. The van der Waals surface area contributed by atoms with E-state index in [1.807, 2.05) is 6.20 Å². The van der Waals surface area contributed by atoms with E-state index in [2.05, 4.69) is 27.2 Å². The van der Waals surface area contributed by atoms with Gasteiger partial charge in [0.1, 0.15) is 5.82 Å². The summed E-state index contributed by atoms with van der Waals surface area (Å²) in [6.45, 7) is 4.35. The highest BCUT2D eigenvalue weighted by Gasteiger charge is 2.37. The van der Waals surface area contributed by atoms with Crippen molar-refractivity contribution in [3.05, 3.63) is 11.8 Å². The second-order valence-electron chi connectivity index (χ2n) is 5.20. The van der Waals surface area contributed by atoms with Gasteiger partial charge in [-0.15, -0.1) is 0 Å². The van der Waals surface area contributed by atoms with Gasteiger partial charge in [0, 0.05) is 24.8 Å². The number of rotatable bonds is 2. The summed E-state index contributed by atoms with van der Waals surface area (Å²) in [4.78, 5) is 11.0. The molecule has 1 aromatic heterocycles. The van der Waals surface area contributed by atoms with Gasteiger partial charge in [0.15, 0.2) is 0 Å². The topological polar surface area (TPSA) is 67.1 Å². The van der Waals surface area contributed by atoms with Crippen molar-refractivity contribution in [3.8, 4) is 0 Å². The number of hydrogen-bond donors (Lipinski definition) is 2. The predicted octanol–water partition coefficient (Wildman–Crippen LogP) is 1.31.